The number of halogens is 3. The maximum atomic E-state index is 11.3. The van der Waals surface area contributed by atoms with Gasteiger partial charge in [-0.15, -0.1) is 0 Å². The highest BCUT2D eigenvalue weighted by molar-refractivity contribution is 7.94. The summed E-state index contributed by atoms with van der Waals surface area (Å²) in [5, 5.41) is 0. The van der Waals surface area contributed by atoms with Crippen LogP contribution in [-0.2, 0) is 10.0 Å². The van der Waals surface area contributed by atoms with Crippen LogP contribution in [0.2, 0.25) is 0 Å². The summed E-state index contributed by atoms with van der Waals surface area (Å²) >= 11 is 0. The fraction of sp³-hybridized carbons (Fsp3) is 1.00. The largest absolute Gasteiger partial charge is 0.795 e. The molecule has 0 rings (SSSR count). The van der Waals surface area contributed by atoms with Gasteiger partial charge in [0.25, 0.3) is 0 Å². The van der Waals surface area contributed by atoms with Crippen LogP contribution in [0.5, 0.6) is 0 Å². The van der Waals surface area contributed by atoms with E-state index in [0.29, 0.717) is 4.49 Å². The molecule has 0 spiro atoms. The smallest absolute Gasteiger partial charge is 0.511 e. The summed E-state index contributed by atoms with van der Waals surface area (Å²) in [6, 6.07) is 0. The fourth-order valence-corrected chi connectivity index (χ4v) is 1.39. The van der Waals surface area contributed by atoms with E-state index in [4.69, 9.17) is 4.89 Å². The second-order valence-corrected chi connectivity index (χ2v) is 4.06. The van der Waals surface area contributed by atoms with Crippen molar-refractivity contribution in [3.05, 3.63) is 0 Å². The number of hydrogen-bond donors (Lipinski definition) is 2. The molecule has 0 aliphatic carbocycles. The van der Waals surface area contributed by atoms with Crippen molar-refractivity contribution in [3.63, 3.8) is 0 Å². The molecule has 0 aromatic carbocycles. The number of sulfonamides is 1. The fourth-order valence-electron chi connectivity index (χ4n) is 0.155. The molecule has 0 saturated heterocycles. The average Bonchev–Trinajstić information content (AvgIpc) is 1.56. The third-order valence-electron chi connectivity index (χ3n) is 0.503. The maximum Gasteiger partial charge on any atom is 0.511 e. The molecular weight excluding hydrogens is 210 g/mol. The van der Waals surface area contributed by atoms with Crippen molar-refractivity contribution in [2.75, 3.05) is 0 Å². The molecule has 0 aromatic heterocycles. The minimum atomic E-state index is -5.68. The van der Waals surface area contributed by atoms with Gasteiger partial charge in [-0.05, 0) is 0 Å². The molecule has 0 radical (unpaired) electrons. The molecule has 10 heteroatoms. The summed E-state index contributed by atoms with van der Waals surface area (Å²) in [6.45, 7) is 0. The number of rotatable bonds is 2. The lowest BCUT2D eigenvalue weighted by Gasteiger charge is -2.17. The Morgan fingerprint density at radius 3 is 1.91 bits per heavy atom. The molecule has 0 fully saturated rings. The first kappa shape index (κ1) is 11.1. The van der Waals surface area contributed by atoms with E-state index in [0.717, 1.165) is 0 Å². The summed E-state index contributed by atoms with van der Waals surface area (Å²) < 4.78 is 54.1. The van der Waals surface area contributed by atoms with Gasteiger partial charge in [0.05, 0.1) is 0 Å². The monoisotopic (exact) mass is 212 g/mol. The van der Waals surface area contributed by atoms with Gasteiger partial charge in [-0.3, -0.25) is 0 Å². The van der Waals surface area contributed by atoms with Crippen molar-refractivity contribution in [2.45, 2.75) is 5.51 Å². The van der Waals surface area contributed by atoms with E-state index in [-0.39, 0.29) is 0 Å². The van der Waals surface area contributed by atoms with E-state index in [1.807, 2.05) is 0 Å². The van der Waals surface area contributed by atoms with Crippen molar-refractivity contribution < 1.29 is 31.4 Å². The van der Waals surface area contributed by atoms with E-state index in [1.165, 1.54) is 0 Å². The Hall–Kier alpha value is 0.0500. The van der Waals surface area contributed by atoms with Gasteiger partial charge >= 0.3 is 15.5 Å². The molecule has 1 atom stereocenters. The SMILES string of the molecule is O=S(=O)(NP([O-])O)C(F)(F)F. The highest BCUT2D eigenvalue weighted by atomic mass is 32.2. The molecule has 5 nitrogen and oxygen atoms in total. The van der Waals surface area contributed by atoms with Gasteiger partial charge in [-0.2, -0.15) is 17.7 Å². The molecule has 1 unspecified atom stereocenters. The Bertz CT molecular complexity index is 220. The molecule has 0 bridgehead atoms. The van der Waals surface area contributed by atoms with Crippen molar-refractivity contribution in [1.29, 1.82) is 0 Å². The summed E-state index contributed by atoms with van der Waals surface area (Å²) in [7, 11) is -9.24. The Morgan fingerprint density at radius 1 is 1.45 bits per heavy atom. The van der Waals surface area contributed by atoms with Crippen LogP contribution in [0.15, 0.2) is 0 Å². The van der Waals surface area contributed by atoms with Crippen LogP contribution in [0.1, 0.15) is 0 Å². The van der Waals surface area contributed by atoms with Crippen LogP contribution in [0.3, 0.4) is 0 Å². The van der Waals surface area contributed by atoms with Crippen LogP contribution in [0.25, 0.3) is 0 Å². The van der Waals surface area contributed by atoms with E-state index in [2.05, 4.69) is 0 Å². The van der Waals surface area contributed by atoms with Crippen LogP contribution in [-0.4, -0.2) is 18.8 Å². The molecule has 68 valence electrons. The Kier molecular flexibility index (Phi) is 3.21. The molecule has 0 heterocycles. The van der Waals surface area contributed by atoms with E-state index in [9.17, 15) is 26.5 Å². The minimum absolute atomic E-state index is 0.471. The van der Waals surface area contributed by atoms with Crippen molar-refractivity contribution in [3.8, 4) is 0 Å². The number of alkyl halides is 3. The molecule has 0 aromatic rings. The Balaban J connectivity index is 4.51. The molecule has 2 N–H and O–H groups in total. The van der Waals surface area contributed by atoms with Crippen molar-refractivity contribution in [1.82, 2.24) is 4.49 Å². The van der Waals surface area contributed by atoms with Gasteiger partial charge in [0, 0.05) is 8.53 Å². The molecule has 0 aliphatic rings. The number of nitrogens with one attached hydrogen (secondary N) is 1. The minimum Gasteiger partial charge on any atom is -0.795 e. The Labute approximate surface area is 60.9 Å². The average molecular weight is 212 g/mol. The predicted octanol–water partition coefficient (Wildman–Crippen LogP) is -0.995. The zero-order chi connectivity index (χ0) is 9.28. The highest BCUT2D eigenvalue weighted by Gasteiger charge is 2.45. The van der Waals surface area contributed by atoms with Gasteiger partial charge in [0.15, 0.2) is 0 Å². The zero-order valence-electron chi connectivity index (χ0n) is 4.66. The van der Waals surface area contributed by atoms with Gasteiger partial charge in [-0.1, -0.05) is 0 Å². The third-order valence-corrected chi connectivity index (χ3v) is 2.70. The second-order valence-electron chi connectivity index (χ2n) is 1.31. The van der Waals surface area contributed by atoms with Gasteiger partial charge < -0.3 is 9.79 Å². The second kappa shape index (κ2) is 3.20. The molecule has 11 heavy (non-hydrogen) atoms. The first-order valence-electron chi connectivity index (χ1n) is 1.91. The Morgan fingerprint density at radius 2 is 1.82 bits per heavy atom. The summed E-state index contributed by atoms with van der Waals surface area (Å²) in [4.78, 5) is 17.4. The quantitative estimate of drug-likeness (QED) is 0.575. The van der Waals surface area contributed by atoms with Crippen molar-refractivity contribution in [2.24, 2.45) is 0 Å². The van der Waals surface area contributed by atoms with Crippen LogP contribution >= 0.6 is 8.53 Å². The first-order chi connectivity index (χ1) is 4.67. The third kappa shape index (κ3) is 3.30. The first-order valence-corrected chi connectivity index (χ1v) is 4.61. The van der Waals surface area contributed by atoms with Crippen molar-refractivity contribution >= 4 is 18.5 Å². The molecule has 0 aliphatic heterocycles. The topological polar surface area (TPSA) is 89.5 Å². The predicted molar refractivity (Wildman–Crippen MR) is 27.2 cm³/mol. The van der Waals surface area contributed by atoms with Crippen LogP contribution < -0.4 is 9.39 Å². The molecule has 0 amide bonds. The lowest BCUT2D eigenvalue weighted by Crippen LogP contribution is -2.35. The lowest BCUT2D eigenvalue weighted by atomic mass is 11.6. The molecular formula is CH2F3NO4PS-. The summed E-state index contributed by atoms with van der Waals surface area (Å²) in [5.74, 6) is 0. The van der Waals surface area contributed by atoms with Crippen LogP contribution in [0, 0.1) is 0 Å². The summed E-state index contributed by atoms with van der Waals surface area (Å²) in [6.07, 6.45) is 0. The maximum absolute atomic E-state index is 11.3. The lowest BCUT2D eigenvalue weighted by molar-refractivity contribution is -0.177. The molecule has 0 saturated carbocycles. The normalized spacial score (nSPS) is 16.5. The standard InChI is InChI=1S/CH2F3NO4PS/c2-1(3,4)11(8,9)5-10(6)7/h5-6H/q-1. The van der Waals surface area contributed by atoms with E-state index >= 15 is 0 Å². The van der Waals surface area contributed by atoms with Gasteiger partial charge in [0.2, 0.25) is 0 Å². The highest BCUT2D eigenvalue weighted by Crippen LogP contribution is 2.26. The van der Waals surface area contributed by atoms with Gasteiger partial charge in [0.1, 0.15) is 0 Å². The van der Waals surface area contributed by atoms with E-state index < -0.39 is 24.1 Å². The van der Waals surface area contributed by atoms with Gasteiger partial charge in [-0.25, -0.2) is 8.42 Å². The number of hydrogen-bond acceptors (Lipinski definition) is 4. The van der Waals surface area contributed by atoms with Crippen LogP contribution in [0.4, 0.5) is 13.2 Å². The zero-order valence-corrected chi connectivity index (χ0v) is 6.37. The summed E-state index contributed by atoms with van der Waals surface area (Å²) in [5.41, 5.74) is -5.55. The van der Waals surface area contributed by atoms with E-state index in [1.54, 1.807) is 0 Å².